The Kier molecular flexibility index (Phi) is 4.13. The molecule has 92 valence electrons. The van der Waals surface area contributed by atoms with Crippen molar-refractivity contribution < 1.29 is 4.74 Å². The molecule has 2 aromatic carbocycles. The minimum atomic E-state index is 0.686. The molecule has 2 aromatic rings. The van der Waals surface area contributed by atoms with Gasteiger partial charge in [-0.2, -0.15) is 0 Å². The second kappa shape index (κ2) is 6.01. The standard InChI is InChI=1S/C16H17NO/c1-3-18-16-10-8-15(9-11-16)17-12-14-7-5-4-6-13(14)2/h4-12H,3H2,1-2H3. The second-order valence-electron chi connectivity index (χ2n) is 4.04. The summed E-state index contributed by atoms with van der Waals surface area (Å²) in [5, 5.41) is 0. The molecular formula is C16H17NO. The molecule has 2 rings (SSSR count). The fourth-order valence-electron chi connectivity index (χ4n) is 1.67. The van der Waals surface area contributed by atoms with Gasteiger partial charge in [0.2, 0.25) is 0 Å². The van der Waals surface area contributed by atoms with Crippen molar-refractivity contribution in [2.45, 2.75) is 13.8 Å². The van der Waals surface area contributed by atoms with Crippen molar-refractivity contribution in [1.29, 1.82) is 0 Å². The molecule has 0 aliphatic heterocycles. The van der Waals surface area contributed by atoms with Crippen molar-refractivity contribution in [3.63, 3.8) is 0 Å². The van der Waals surface area contributed by atoms with Crippen LogP contribution in [0.4, 0.5) is 5.69 Å². The number of ether oxygens (including phenoxy) is 1. The van der Waals surface area contributed by atoms with Crippen LogP contribution in [0.2, 0.25) is 0 Å². The van der Waals surface area contributed by atoms with Gasteiger partial charge in [0.15, 0.2) is 0 Å². The van der Waals surface area contributed by atoms with Crippen molar-refractivity contribution in [3.05, 3.63) is 59.7 Å². The number of nitrogens with zero attached hydrogens (tertiary/aromatic N) is 1. The minimum absolute atomic E-state index is 0.686. The smallest absolute Gasteiger partial charge is 0.119 e. The summed E-state index contributed by atoms with van der Waals surface area (Å²) in [4.78, 5) is 4.46. The molecule has 2 nitrogen and oxygen atoms in total. The monoisotopic (exact) mass is 239 g/mol. The third-order valence-corrected chi connectivity index (χ3v) is 2.69. The van der Waals surface area contributed by atoms with E-state index in [2.05, 4.69) is 24.0 Å². The lowest BCUT2D eigenvalue weighted by Gasteiger charge is -2.02. The Morgan fingerprint density at radius 2 is 1.78 bits per heavy atom. The molecule has 0 atom stereocenters. The largest absolute Gasteiger partial charge is 0.494 e. The molecule has 0 bridgehead atoms. The molecule has 0 N–H and O–H groups in total. The first-order valence-electron chi connectivity index (χ1n) is 6.12. The van der Waals surface area contributed by atoms with Gasteiger partial charge in [0.1, 0.15) is 5.75 Å². The highest BCUT2D eigenvalue weighted by atomic mass is 16.5. The summed E-state index contributed by atoms with van der Waals surface area (Å²) in [6.07, 6.45) is 1.89. The fraction of sp³-hybridized carbons (Fsp3) is 0.188. The first-order chi connectivity index (χ1) is 8.79. The zero-order valence-corrected chi connectivity index (χ0v) is 10.8. The van der Waals surface area contributed by atoms with Crippen LogP contribution in [-0.4, -0.2) is 12.8 Å². The lowest BCUT2D eigenvalue weighted by atomic mass is 10.1. The van der Waals surface area contributed by atoms with Crippen LogP contribution in [0.1, 0.15) is 18.1 Å². The summed E-state index contributed by atoms with van der Waals surface area (Å²) >= 11 is 0. The maximum atomic E-state index is 5.39. The van der Waals surface area contributed by atoms with Crippen molar-refractivity contribution in [2.24, 2.45) is 4.99 Å². The second-order valence-corrected chi connectivity index (χ2v) is 4.04. The molecule has 0 aliphatic rings. The van der Waals surface area contributed by atoms with Gasteiger partial charge in [-0.3, -0.25) is 4.99 Å². The summed E-state index contributed by atoms with van der Waals surface area (Å²) < 4.78 is 5.39. The Morgan fingerprint density at radius 1 is 1.06 bits per heavy atom. The molecule has 0 saturated heterocycles. The van der Waals surface area contributed by atoms with E-state index in [-0.39, 0.29) is 0 Å². The third-order valence-electron chi connectivity index (χ3n) is 2.69. The van der Waals surface area contributed by atoms with Crippen LogP contribution in [0.15, 0.2) is 53.5 Å². The maximum absolute atomic E-state index is 5.39. The summed E-state index contributed by atoms with van der Waals surface area (Å²) in [6, 6.07) is 16.0. The van der Waals surface area contributed by atoms with Gasteiger partial charge in [-0.05, 0) is 49.2 Å². The number of aliphatic imine (C=N–C) groups is 1. The molecule has 0 spiro atoms. The molecule has 0 aliphatic carbocycles. The molecule has 18 heavy (non-hydrogen) atoms. The summed E-state index contributed by atoms with van der Waals surface area (Å²) in [5.41, 5.74) is 3.31. The highest BCUT2D eigenvalue weighted by molar-refractivity contribution is 5.83. The van der Waals surface area contributed by atoms with E-state index in [1.165, 1.54) is 5.56 Å². The number of hydrogen-bond donors (Lipinski definition) is 0. The third kappa shape index (κ3) is 3.20. The van der Waals surface area contributed by atoms with E-state index >= 15 is 0 Å². The van der Waals surface area contributed by atoms with E-state index in [0.29, 0.717) is 6.61 Å². The van der Waals surface area contributed by atoms with Crippen molar-refractivity contribution in [2.75, 3.05) is 6.61 Å². The molecule has 0 saturated carbocycles. The van der Waals surface area contributed by atoms with Gasteiger partial charge in [-0.15, -0.1) is 0 Å². The molecule has 2 heteroatoms. The SMILES string of the molecule is CCOc1ccc(N=Cc2ccccc2C)cc1. The molecular weight excluding hydrogens is 222 g/mol. The number of rotatable bonds is 4. The summed E-state index contributed by atoms with van der Waals surface area (Å²) in [5.74, 6) is 0.882. The Balaban J connectivity index is 2.12. The van der Waals surface area contributed by atoms with Gasteiger partial charge in [-0.25, -0.2) is 0 Å². The van der Waals surface area contributed by atoms with Gasteiger partial charge in [0.25, 0.3) is 0 Å². The predicted molar refractivity (Wildman–Crippen MR) is 76.0 cm³/mol. The fourth-order valence-corrected chi connectivity index (χ4v) is 1.67. The van der Waals surface area contributed by atoms with Gasteiger partial charge >= 0.3 is 0 Å². The molecule has 0 amide bonds. The van der Waals surface area contributed by atoms with E-state index < -0.39 is 0 Å². The van der Waals surface area contributed by atoms with Crippen LogP contribution < -0.4 is 4.74 Å². The molecule has 0 aromatic heterocycles. The lowest BCUT2D eigenvalue weighted by Crippen LogP contribution is -1.90. The predicted octanol–water partition coefficient (Wildman–Crippen LogP) is 4.14. The van der Waals surface area contributed by atoms with E-state index in [4.69, 9.17) is 4.74 Å². The first-order valence-corrected chi connectivity index (χ1v) is 6.12. The van der Waals surface area contributed by atoms with Crippen LogP contribution in [-0.2, 0) is 0 Å². The number of benzene rings is 2. The zero-order valence-electron chi connectivity index (χ0n) is 10.8. The molecule has 0 fully saturated rings. The molecule has 0 heterocycles. The normalized spacial score (nSPS) is 10.8. The highest BCUT2D eigenvalue weighted by Crippen LogP contribution is 2.18. The Bertz CT molecular complexity index is 529. The average Bonchev–Trinajstić information content (AvgIpc) is 2.40. The molecule has 0 radical (unpaired) electrons. The van der Waals surface area contributed by atoms with Crippen molar-refractivity contribution >= 4 is 11.9 Å². The topological polar surface area (TPSA) is 21.6 Å². The summed E-state index contributed by atoms with van der Waals surface area (Å²) in [7, 11) is 0. The Morgan fingerprint density at radius 3 is 2.44 bits per heavy atom. The van der Waals surface area contributed by atoms with Crippen molar-refractivity contribution in [3.8, 4) is 5.75 Å². The Labute approximate surface area is 108 Å². The minimum Gasteiger partial charge on any atom is -0.494 e. The van der Waals surface area contributed by atoms with Gasteiger partial charge in [-0.1, -0.05) is 24.3 Å². The average molecular weight is 239 g/mol. The van der Waals surface area contributed by atoms with Crippen LogP contribution in [0.25, 0.3) is 0 Å². The van der Waals surface area contributed by atoms with Crippen LogP contribution >= 0.6 is 0 Å². The number of aryl methyl sites for hydroxylation is 1. The van der Waals surface area contributed by atoms with Crippen LogP contribution in [0.3, 0.4) is 0 Å². The van der Waals surface area contributed by atoms with E-state index in [9.17, 15) is 0 Å². The quantitative estimate of drug-likeness (QED) is 0.735. The van der Waals surface area contributed by atoms with Gasteiger partial charge in [0.05, 0.1) is 12.3 Å². The van der Waals surface area contributed by atoms with E-state index in [1.807, 2.05) is 49.5 Å². The molecule has 0 unspecified atom stereocenters. The van der Waals surface area contributed by atoms with E-state index in [0.717, 1.165) is 17.0 Å². The van der Waals surface area contributed by atoms with Gasteiger partial charge in [0, 0.05) is 6.21 Å². The summed E-state index contributed by atoms with van der Waals surface area (Å²) in [6.45, 7) is 4.75. The highest BCUT2D eigenvalue weighted by Gasteiger charge is 1.94. The van der Waals surface area contributed by atoms with Crippen LogP contribution in [0, 0.1) is 6.92 Å². The van der Waals surface area contributed by atoms with Crippen LogP contribution in [0.5, 0.6) is 5.75 Å². The van der Waals surface area contributed by atoms with E-state index in [1.54, 1.807) is 0 Å². The lowest BCUT2D eigenvalue weighted by molar-refractivity contribution is 0.340. The Hall–Kier alpha value is -2.09. The van der Waals surface area contributed by atoms with Crippen molar-refractivity contribution in [1.82, 2.24) is 0 Å². The first kappa shape index (κ1) is 12.4. The number of hydrogen-bond acceptors (Lipinski definition) is 2. The zero-order chi connectivity index (χ0) is 12.8. The van der Waals surface area contributed by atoms with Gasteiger partial charge < -0.3 is 4.74 Å². The maximum Gasteiger partial charge on any atom is 0.119 e.